The number of hydrogen-bond donors (Lipinski definition) is 1. The van der Waals surface area contributed by atoms with Gasteiger partial charge in [0.25, 0.3) is 0 Å². The van der Waals surface area contributed by atoms with E-state index in [1.807, 2.05) is 10.8 Å². The molecule has 1 aliphatic rings. The van der Waals surface area contributed by atoms with Crippen LogP contribution < -0.4 is 5.73 Å². The Morgan fingerprint density at radius 3 is 3.06 bits per heavy atom. The van der Waals surface area contributed by atoms with Gasteiger partial charge in [-0.3, -0.25) is 0 Å². The topological polar surface area (TPSA) is 53.1 Å². The fraction of sp³-hybridized carbons (Fsp3) is 0.636. The normalized spacial score (nSPS) is 23.5. The van der Waals surface area contributed by atoms with Gasteiger partial charge in [0.05, 0.1) is 18.2 Å². The molecule has 1 saturated heterocycles. The zero-order chi connectivity index (χ0) is 11.8. The molecule has 0 radical (unpaired) electrons. The third-order valence-corrected chi connectivity index (χ3v) is 3.07. The molecule has 1 atom stereocenters. The third-order valence-electron chi connectivity index (χ3n) is 2.89. The molecule has 0 amide bonds. The van der Waals surface area contributed by atoms with E-state index in [1.165, 1.54) is 0 Å². The van der Waals surface area contributed by atoms with Gasteiger partial charge in [-0.2, -0.15) is 0 Å². The van der Waals surface area contributed by atoms with E-state index in [9.17, 15) is 0 Å². The lowest BCUT2D eigenvalue weighted by Crippen LogP contribution is -2.25. The van der Waals surface area contributed by atoms with Crippen molar-refractivity contribution in [1.29, 1.82) is 0 Å². The van der Waals surface area contributed by atoms with Gasteiger partial charge in [0.15, 0.2) is 5.82 Å². The highest BCUT2D eigenvalue weighted by Crippen LogP contribution is 2.30. The number of ether oxygens (including phenoxy) is 1. The maximum absolute atomic E-state index is 5.92. The molecule has 2 heterocycles. The van der Waals surface area contributed by atoms with Crippen LogP contribution in [0.2, 0.25) is 0 Å². The molecule has 1 aromatic rings. The number of hydrogen-bond acceptors (Lipinski definition) is 3. The molecule has 16 heavy (non-hydrogen) atoms. The van der Waals surface area contributed by atoms with Crippen LogP contribution in [0.15, 0.2) is 12.4 Å². The van der Waals surface area contributed by atoms with Crippen LogP contribution in [0.25, 0.3) is 0 Å². The smallest absolute Gasteiger partial charge is 0.167 e. The molecule has 88 valence electrons. The minimum atomic E-state index is -0.00532. The molecule has 1 fully saturated rings. The summed E-state index contributed by atoms with van der Waals surface area (Å²) < 4.78 is 7.89. The molecule has 5 heteroatoms. The molecule has 4 nitrogen and oxygen atoms in total. The summed E-state index contributed by atoms with van der Waals surface area (Å²) in [5, 5.41) is 0. The Bertz CT molecular complexity index is 400. The van der Waals surface area contributed by atoms with Crippen LogP contribution in [0, 0.1) is 0 Å². The lowest BCUT2D eigenvalue weighted by Gasteiger charge is -2.20. The van der Waals surface area contributed by atoms with E-state index in [0.717, 1.165) is 19.4 Å². The summed E-state index contributed by atoms with van der Waals surface area (Å²) >= 11 is 4.94. The SMILES string of the molecule is CC1(C)CCC(Cn2ccnc2C(N)=S)O1. The molecule has 0 bridgehead atoms. The zero-order valence-electron chi connectivity index (χ0n) is 9.64. The summed E-state index contributed by atoms with van der Waals surface area (Å²) in [4.78, 5) is 4.47. The van der Waals surface area contributed by atoms with Crippen molar-refractivity contribution in [2.45, 2.75) is 44.9 Å². The molecule has 2 N–H and O–H groups in total. The summed E-state index contributed by atoms with van der Waals surface area (Å²) in [6.07, 6.45) is 6.01. The number of imidazole rings is 1. The van der Waals surface area contributed by atoms with Gasteiger partial charge >= 0.3 is 0 Å². The van der Waals surface area contributed by atoms with E-state index >= 15 is 0 Å². The number of nitrogens with two attached hydrogens (primary N) is 1. The zero-order valence-corrected chi connectivity index (χ0v) is 10.5. The lowest BCUT2D eigenvalue weighted by molar-refractivity contribution is -0.0217. The number of thiocarbonyl (C=S) groups is 1. The van der Waals surface area contributed by atoms with Crippen LogP contribution in [-0.2, 0) is 11.3 Å². The van der Waals surface area contributed by atoms with E-state index in [2.05, 4.69) is 18.8 Å². The lowest BCUT2D eigenvalue weighted by atomic mass is 10.1. The Morgan fingerprint density at radius 2 is 2.50 bits per heavy atom. The minimum absolute atomic E-state index is 0.00532. The molecule has 2 rings (SSSR count). The van der Waals surface area contributed by atoms with Crippen molar-refractivity contribution in [3.8, 4) is 0 Å². The highest BCUT2D eigenvalue weighted by atomic mass is 32.1. The van der Waals surface area contributed by atoms with Crippen LogP contribution >= 0.6 is 12.2 Å². The summed E-state index contributed by atoms with van der Waals surface area (Å²) in [5.74, 6) is 0.670. The second kappa shape index (κ2) is 4.14. The summed E-state index contributed by atoms with van der Waals surface area (Å²) in [6, 6.07) is 0. The Morgan fingerprint density at radius 1 is 1.75 bits per heavy atom. The highest BCUT2D eigenvalue weighted by Gasteiger charge is 2.31. The molecule has 0 saturated carbocycles. The van der Waals surface area contributed by atoms with E-state index < -0.39 is 0 Å². The van der Waals surface area contributed by atoms with Crippen LogP contribution in [0.4, 0.5) is 0 Å². The predicted molar refractivity (Wildman–Crippen MR) is 66.3 cm³/mol. The van der Waals surface area contributed by atoms with Gasteiger partial charge in [-0.15, -0.1) is 0 Å². The largest absolute Gasteiger partial charge is 0.387 e. The highest BCUT2D eigenvalue weighted by molar-refractivity contribution is 7.80. The van der Waals surface area contributed by atoms with Crippen molar-refractivity contribution >= 4 is 17.2 Å². The van der Waals surface area contributed by atoms with E-state index in [-0.39, 0.29) is 11.7 Å². The maximum Gasteiger partial charge on any atom is 0.167 e. The molecular weight excluding hydrogens is 222 g/mol. The van der Waals surface area contributed by atoms with Gasteiger partial charge in [-0.25, -0.2) is 4.98 Å². The quantitative estimate of drug-likeness (QED) is 0.812. The van der Waals surface area contributed by atoms with Crippen molar-refractivity contribution in [3.63, 3.8) is 0 Å². The Hall–Kier alpha value is -0.940. The van der Waals surface area contributed by atoms with Crippen LogP contribution in [0.3, 0.4) is 0 Å². The number of aromatic nitrogens is 2. The average molecular weight is 239 g/mol. The van der Waals surface area contributed by atoms with Crippen molar-refractivity contribution in [2.24, 2.45) is 5.73 Å². The van der Waals surface area contributed by atoms with E-state index in [0.29, 0.717) is 10.8 Å². The van der Waals surface area contributed by atoms with Gasteiger partial charge in [0.1, 0.15) is 4.99 Å². The second-order valence-corrected chi connectivity index (χ2v) is 5.25. The average Bonchev–Trinajstić information content (AvgIpc) is 2.73. The summed E-state index contributed by atoms with van der Waals surface area (Å²) in [5.41, 5.74) is 5.59. The van der Waals surface area contributed by atoms with Crippen molar-refractivity contribution in [3.05, 3.63) is 18.2 Å². The summed E-state index contributed by atoms with van der Waals surface area (Å²) in [6.45, 7) is 5.01. The van der Waals surface area contributed by atoms with E-state index in [1.54, 1.807) is 6.20 Å². The number of rotatable bonds is 3. The third kappa shape index (κ3) is 2.41. The van der Waals surface area contributed by atoms with Crippen LogP contribution in [0.1, 0.15) is 32.5 Å². The van der Waals surface area contributed by atoms with Gasteiger partial charge in [0, 0.05) is 12.4 Å². The molecule has 1 aromatic heterocycles. The molecule has 0 aliphatic carbocycles. The van der Waals surface area contributed by atoms with Gasteiger partial charge in [-0.05, 0) is 26.7 Å². The maximum atomic E-state index is 5.92. The van der Waals surface area contributed by atoms with Crippen LogP contribution in [-0.4, -0.2) is 26.2 Å². The Labute approximate surface area is 101 Å². The fourth-order valence-corrected chi connectivity index (χ4v) is 2.28. The molecule has 0 aromatic carbocycles. The standard InChI is InChI=1S/C11H17N3OS/c1-11(2)4-3-8(15-11)7-14-6-5-13-10(14)9(12)16/h5-6,8H,3-4,7H2,1-2H3,(H2,12,16). The molecule has 0 spiro atoms. The van der Waals surface area contributed by atoms with Gasteiger partial charge < -0.3 is 15.0 Å². The number of nitrogens with zero attached hydrogens (tertiary/aromatic N) is 2. The fourth-order valence-electron chi connectivity index (χ4n) is 2.11. The second-order valence-electron chi connectivity index (χ2n) is 4.81. The van der Waals surface area contributed by atoms with Crippen molar-refractivity contribution in [1.82, 2.24) is 9.55 Å². The predicted octanol–water partition coefficient (Wildman–Crippen LogP) is 1.47. The first-order chi connectivity index (χ1) is 7.48. The molecule has 1 aliphatic heterocycles. The van der Waals surface area contributed by atoms with Crippen molar-refractivity contribution < 1.29 is 4.74 Å². The van der Waals surface area contributed by atoms with E-state index in [4.69, 9.17) is 22.7 Å². The Balaban J connectivity index is 2.05. The minimum Gasteiger partial charge on any atom is -0.387 e. The molecule has 1 unspecified atom stereocenters. The molecular formula is C11H17N3OS. The monoisotopic (exact) mass is 239 g/mol. The first-order valence-electron chi connectivity index (χ1n) is 5.47. The van der Waals surface area contributed by atoms with Crippen LogP contribution in [0.5, 0.6) is 0 Å². The summed E-state index contributed by atoms with van der Waals surface area (Å²) in [7, 11) is 0. The first kappa shape index (κ1) is 11.5. The van der Waals surface area contributed by atoms with Gasteiger partial charge in [-0.1, -0.05) is 12.2 Å². The Kier molecular flexibility index (Phi) is 2.99. The first-order valence-corrected chi connectivity index (χ1v) is 5.87. The van der Waals surface area contributed by atoms with Crippen molar-refractivity contribution in [2.75, 3.05) is 0 Å². The van der Waals surface area contributed by atoms with Gasteiger partial charge in [0.2, 0.25) is 0 Å².